The van der Waals surface area contributed by atoms with E-state index in [1.165, 1.54) is 6.33 Å². The molecule has 18 heavy (non-hydrogen) atoms. The summed E-state index contributed by atoms with van der Waals surface area (Å²) >= 11 is 5.93. The first kappa shape index (κ1) is 12.6. The van der Waals surface area contributed by atoms with Gasteiger partial charge < -0.3 is 10.1 Å². The maximum Gasteiger partial charge on any atom is 0.137 e. The first-order chi connectivity index (χ1) is 8.70. The van der Waals surface area contributed by atoms with Gasteiger partial charge in [0.1, 0.15) is 23.0 Å². The molecule has 0 atom stereocenters. The molecule has 0 unspecified atom stereocenters. The summed E-state index contributed by atoms with van der Waals surface area (Å²) < 4.78 is 5.18. The van der Waals surface area contributed by atoms with E-state index in [1.807, 2.05) is 31.2 Å². The number of rotatable bonds is 4. The Bertz CT molecular complexity index is 546. The van der Waals surface area contributed by atoms with E-state index >= 15 is 0 Å². The Labute approximate surface area is 111 Å². The highest BCUT2D eigenvalue weighted by molar-refractivity contribution is 6.30. The van der Waals surface area contributed by atoms with E-state index in [0.29, 0.717) is 11.7 Å². The van der Waals surface area contributed by atoms with Crippen molar-refractivity contribution in [2.45, 2.75) is 13.5 Å². The fourth-order valence-electron chi connectivity index (χ4n) is 1.58. The second-order valence-electron chi connectivity index (χ2n) is 3.84. The lowest BCUT2D eigenvalue weighted by Gasteiger charge is -2.09. The van der Waals surface area contributed by atoms with Crippen molar-refractivity contribution in [2.24, 2.45) is 0 Å². The van der Waals surface area contributed by atoms with Gasteiger partial charge in [0.2, 0.25) is 0 Å². The average molecular weight is 264 g/mol. The minimum Gasteiger partial charge on any atom is -0.497 e. The number of methoxy groups -OCH3 is 1. The van der Waals surface area contributed by atoms with E-state index in [-0.39, 0.29) is 0 Å². The van der Waals surface area contributed by atoms with Gasteiger partial charge in [0.05, 0.1) is 7.11 Å². The standard InChI is InChI=1S/C13H14ClN3O/c1-9-12(14)16-8-17-13(9)15-7-10-4-3-5-11(6-10)18-2/h3-6,8H,7H2,1-2H3,(H,15,16,17). The lowest BCUT2D eigenvalue weighted by atomic mass is 10.2. The summed E-state index contributed by atoms with van der Waals surface area (Å²) in [6, 6.07) is 7.87. The molecule has 1 aromatic carbocycles. The van der Waals surface area contributed by atoms with Crippen LogP contribution in [0.4, 0.5) is 5.82 Å². The molecule has 0 aliphatic heterocycles. The first-order valence-electron chi connectivity index (χ1n) is 5.54. The molecule has 0 saturated carbocycles. The number of benzene rings is 1. The van der Waals surface area contributed by atoms with Crippen LogP contribution in [0, 0.1) is 6.92 Å². The van der Waals surface area contributed by atoms with Crippen molar-refractivity contribution in [3.8, 4) is 5.75 Å². The highest BCUT2D eigenvalue weighted by Crippen LogP contribution is 2.19. The van der Waals surface area contributed by atoms with Crippen molar-refractivity contribution >= 4 is 17.4 Å². The lowest BCUT2D eigenvalue weighted by molar-refractivity contribution is 0.414. The van der Waals surface area contributed by atoms with Crippen molar-refractivity contribution < 1.29 is 4.74 Å². The summed E-state index contributed by atoms with van der Waals surface area (Å²) in [6.07, 6.45) is 1.45. The molecular formula is C13H14ClN3O. The number of anilines is 1. The van der Waals surface area contributed by atoms with E-state index in [0.717, 1.165) is 22.7 Å². The van der Waals surface area contributed by atoms with Crippen LogP contribution in [0.2, 0.25) is 5.15 Å². The van der Waals surface area contributed by atoms with Gasteiger partial charge in [-0.05, 0) is 24.6 Å². The first-order valence-corrected chi connectivity index (χ1v) is 5.92. The van der Waals surface area contributed by atoms with Gasteiger partial charge in [0.15, 0.2) is 0 Å². The molecule has 0 aliphatic rings. The van der Waals surface area contributed by atoms with Gasteiger partial charge in [-0.1, -0.05) is 23.7 Å². The largest absolute Gasteiger partial charge is 0.497 e. The topological polar surface area (TPSA) is 47.0 Å². The molecule has 2 rings (SSSR count). The zero-order valence-corrected chi connectivity index (χ0v) is 11.0. The van der Waals surface area contributed by atoms with Crippen molar-refractivity contribution in [2.75, 3.05) is 12.4 Å². The molecule has 94 valence electrons. The summed E-state index contributed by atoms with van der Waals surface area (Å²) in [7, 11) is 1.65. The third-order valence-electron chi connectivity index (χ3n) is 2.62. The van der Waals surface area contributed by atoms with E-state index in [2.05, 4.69) is 15.3 Å². The van der Waals surface area contributed by atoms with Crippen LogP contribution in [0.25, 0.3) is 0 Å². The van der Waals surface area contributed by atoms with Crippen LogP contribution < -0.4 is 10.1 Å². The van der Waals surface area contributed by atoms with E-state index in [4.69, 9.17) is 16.3 Å². The van der Waals surface area contributed by atoms with Crippen molar-refractivity contribution in [1.82, 2.24) is 9.97 Å². The molecule has 1 aromatic heterocycles. The predicted molar refractivity (Wildman–Crippen MR) is 72.1 cm³/mol. The Morgan fingerprint density at radius 3 is 2.94 bits per heavy atom. The summed E-state index contributed by atoms with van der Waals surface area (Å²) in [5.74, 6) is 1.59. The molecule has 0 bridgehead atoms. The van der Waals surface area contributed by atoms with Gasteiger partial charge >= 0.3 is 0 Å². The lowest BCUT2D eigenvalue weighted by Crippen LogP contribution is -2.04. The zero-order valence-electron chi connectivity index (χ0n) is 10.3. The summed E-state index contributed by atoms with van der Waals surface area (Å²) in [4.78, 5) is 8.07. The number of nitrogens with one attached hydrogen (secondary N) is 1. The highest BCUT2D eigenvalue weighted by atomic mass is 35.5. The molecule has 1 heterocycles. The van der Waals surface area contributed by atoms with Crippen molar-refractivity contribution in [3.05, 3.63) is 46.9 Å². The van der Waals surface area contributed by atoms with E-state index < -0.39 is 0 Å². The SMILES string of the molecule is COc1cccc(CNc2ncnc(Cl)c2C)c1. The highest BCUT2D eigenvalue weighted by Gasteiger charge is 2.04. The Balaban J connectivity index is 2.09. The molecule has 0 amide bonds. The smallest absolute Gasteiger partial charge is 0.137 e. The van der Waals surface area contributed by atoms with Crippen LogP contribution in [0.15, 0.2) is 30.6 Å². The third kappa shape index (κ3) is 2.90. The van der Waals surface area contributed by atoms with Gasteiger partial charge in [0.25, 0.3) is 0 Å². The van der Waals surface area contributed by atoms with Gasteiger partial charge in [-0.2, -0.15) is 0 Å². The number of aromatic nitrogens is 2. The molecule has 5 heteroatoms. The van der Waals surface area contributed by atoms with E-state index in [9.17, 15) is 0 Å². The van der Waals surface area contributed by atoms with Crippen molar-refractivity contribution in [3.63, 3.8) is 0 Å². The number of halogens is 1. The Hall–Kier alpha value is -1.81. The van der Waals surface area contributed by atoms with Crippen LogP contribution in [-0.4, -0.2) is 17.1 Å². The number of hydrogen-bond donors (Lipinski definition) is 1. The second kappa shape index (κ2) is 5.69. The van der Waals surface area contributed by atoms with Crippen LogP contribution in [0.5, 0.6) is 5.75 Å². The number of nitrogens with zero attached hydrogens (tertiary/aromatic N) is 2. The molecule has 2 aromatic rings. The van der Waals surface area contributed by atoms with Gasteiger partial charge in [-0.25, -0.2) is 9.97 Å². The Morgan fingerprint density at radius 2 is 2.17 bits per heavy atom. The second-order valence-corrected chi connectivity index (χ2v) is 4.20. The minimum atomic E-state index is 0.471. The molecular weight excluding hydrogens is 250 g/mol. The van der Waals surface area contributed by atoms with Gasteiger partial charge in [-0.15, -0.1) is 0 Å². The Morgan fingerprint density at radius 1 is 1.33 bits per heavy atom. The number of hydrogen-bond acceptors (Lipinski definition) is 4. The molecule has 0 spiro atoms. The summed E-state index contributed by atoms with van der Waals surface area (Å²) in [6.45, 7) is 2.54. The quantitative estimate of drug-likeness (QED) is 0.862. The molecule has 0 saturated heterocycles. The van der Waals surface area contributed by atoms with Crippen molar-refractivity contribution in [1.29, 1.82) is 0 Å². The zero-order chi connectivity index (χ0) is 13.0. The minimum absolute atomic E-state index is 0.471. The molecule has 0 fully saturated rings. The fraction of sp³-hybridized carbons (Fsp3) is 0.231. The van der Waals surface area contributed by atoms with Gasteiger partial charge in [0, 0.05) is 12.1 Å². The molecule has 0 aliphatic carbocycles. The van der Waals surface area contributed by atoms with Crippen LogP contribution in [0.1, 0.15) is 11.1 Å². The Kier molecular flexibility index (Phi) is 3.99. The van der Waals surface area contributed by atoms with Crippen LogP contribution in [0.3, 0.4) is 0 Å². The van der Waals surface area contributed by atoms with Crippen LogP contribution in [-0.2, 0) is 6.54 Å². The summed E-state index contributed by atoms with van der Waals surface area (Å²) in [5.41, 5.74) is 1.96. The number of ether oxygens (including phenoxy) is 1. The maximum absolute atomic E-state index is 5.93. The van der Waals surface area contributed by atoms with Crippen LogP contribution >= 0.6 is 11.6 Å². The molecule has 0 radical (unpaired) electrons. The molecule has 4 nitrogen and oxygen atoms in total. The normalized spacial score (nSPS) is 10.2. The fourth-order valence-corrected chi connectivity index (χ4v) is 1.71. The average Bonchev–Trinajstić information content (AvgIpc) is 2.41. The monoisotopic (exact) mass is 263 g/mol. The summed E-state index contributed by atoms with van der Waals surface area (Å²) in [5, 5.41) is 3.70. The predicted octanol–water partition coefficient (Wildman–Crippen LogP) is 3.06. The molecule has 1 N–H and O–H groups in total. The third-order valence-corrected chi connectivity index (χ3v) is 3.00. The van der Waals surface area contributed by atoms with E-state index in [1.54, 1.807) is 7.11 Å². The maximum atomic E-state index is 5.93. The van der Waals surface area contributed by atoms with Gasteiger partial charge in [-0.3, -0.25) is 0 Å².